The molecule has 0 saturated carbocycles. The molecule has 0 amide bonds. The Morgan fingerprint density at radius 2 is 1.79 bits per heavy atom. The molecule has 8 heteroatoms. The Kier molecular flexibility index (Phi) is 5.54. The fourth-order valence-corrected chi connectivity index (χ4v) is 5.73. The zero-order valence-electron chi connectivity index (χ0n) is 15.2. The first-order chi connectivity index (χ1) is 13.5. The van der Waals surface area contributed by atoms with E-state index in [0.29, 0.717) is 31.7 Å². The van der Waals surface area contributed by atoms with Gasteiger partial charge in [-0.05, 0) is 30.3 Å². The summed E-state index contributed by atoms with van der Waals surface area (Å²) in [6, 6.07) is 13.9. The van der Waals surface area contributed by atoms with Crippen LogP contribution < -0.4 is 0 Å². The molecule has 0 atom stereocenters. The van der Waals surface area contributed by atoms with Crippen LogP contribution in [-0.2, 0) is 16.6 Å². The monoisotopic (exact) mass is 417 g/mol. The molecule has 1 aromatic carbocycles. The molecule has 0 spiro atoms. The predicted octanol–water partition coefficient (Wildman–Crippen LogP) is 3.46. The van der Waals surface area contributed by atoms with Crippen molar-refractivity contribution in [3.05, 3.63) is 71.6 Å². The van der Waals surface area contributed by atoms with Gasteiger partial charge in [-0.1, -0.05) is 18.2 Å². The second-order valence-electron chi connectivity index (χ2n) is 6.61. The molecule has 3 heterocycles. The molecule has 0 aliphatic carbocycles. The Labute approximate surface area is 168 Å². The minimum absolute atomic E-state index is 0.217. The van der Waals surface area contributed by atoms with E-state index < -0.39 is 10.0 Å². The van der Waals surface area contributed by atoms with Crippen LogP contribution in [0, 0.1) is 5.82 Å². The molecule has 3 aromatic rings. The van der Waals surface area contributed by atoms with E-state index >= 15 is 0 Å². The summed E-state index contributed by atoms with van der Waals surface area (Å²) < 4.78 is 40.8. The molecule has 0 radical (unpaired) electrons. The molecule has 1 aliphatic heterocycles. The average Bonchev–Trinajstić information content (AvgIpc) is 3.17. The van der Waals surface area contributed by atoms with Crippen molar-refractivity contribution >= 4 is 21.4 Å². The summed E-state index contributed by atoms with van der Waals surface area (Å²) in [6.07, 6.45) is 2.95. The number of benzene rings is 1. The van der Waals surface area contributed by atoms with Gasteiger partial charge in [-0.3, -0.25) is 9.88 Å². The first kappa shape index (κ1) is 19.2. The number of hydrogen-bond donors (Lipinski definition) is 0. The average molecular weight is 418 g/mol. The normalized spacial score (nSPS) is 16.3. The first-order valence-corrected chi connectivity index (χ1v) is 11.3. The highest BCUT2D eigenvalue weighted by molar-refractivity contribution is 7.89. The lowest BCUT2D eigenvalue weighted by molar-refractivity contribution is 0.183. The van der Waals surface area contributed by atoms with Crippen molar-refractivity contribution in [2.75, 3.05) is 26.2 Å². The molecule has 0 bridgehead atoms. The minimum Gasteiger partial charge on any atom is -0.296 e. The maximum Gasteiger partial charge on any atom is 0.244 e. The van der Waals surface area contributed by atoms with Crippen LogP contribution in [0.4, 0.5) is 4.39 Å². The molecular formula is C20H20FN3O2S2. The van der Waals surface area contributed by atoms with E-state index in [4.69, 9.17) is 0 Å². The number of piperazine rings is 1. The molecule has 0 N–H and O–H groups in total. The van der Waals surface area contributed by atoms with Crippen molar-refractivity contribution in [2.24, 2.45) is 0 Å². The summed E-state index contributed by atoms with van der Waals surface area (Å²) in [5.74, 6) is -0.217. The van der Waals surface area contributed by atoms with Gasteiger partial charge in [-0.2, -0.15) is 4.31 Å². The van der Waals surface area contributed by atoms with Gasteiger partial charge in [0.2, 0.25) is 10.0 Å². The SMILES string of the molecule is O=S(=O)(c1cccnc1)N1CCN(Cc2ccc(-c3ccccc3F)s2)CC1. The number of nitrogens with zero attached hydrogens (tertiary/aromatic N) is 3. The van der Waals surface area contributed by atoms with Crippen molar-refractivity contribution in [1.82, 2.24) is 14.2 Å². The Morgan fingerprint density at radius 1 is 1.00 bits per heavy atom. The van der Waals surface area contributed by atoms with Gasteiger partial charge in [0, 0.05) is 60.4 Å². The molecular weight excluding hydrogens is 397 g/mol. The highest BCUT2D eigenvalue weighted by Crippen LogP contribution is 2.31. The number of hydrogen-bond acceptors (Lipinski definition) is 5. The predicted molar refractivity (Wildman–Crippen MR) is 108 cm³/mol. The van der Waals surface area contributed by atoms with Crippen molar-refractivity contribution in [3.63, 3.8) is 0 Å². The lowest BCUT2D eigenvalue weighted by atomic mass is 10.2. The first-order valence-electron chi connectivity index (χ1n) is 9.00. The Morgan fingerprint density at radius 3 is 2.50 bits per heavy atom. The number of halogens is 1. The van der Waals surface area contributed by atoms with Crippen LogP contribution in [0.15, 0.2) is 65.8 Å². The maximum atomic E-state index is 14.0. The largest absolute Gasteiger partial charge is 0.296 e. The molecule has 146 valence electrons. The molecule has 1 fully saturated rings. The summed E-state index contributed by atoms with van der Waals surface area (Å²) in [6.45, 7) is 2.95. The number of sulfonamides is 1. The molecule has 4 rings (SSSR count). The summed E-state index contributed by atoms with van der Waals surface area (Å²) in [7, 11) is -3.49. The Bertz CT molecular complexity index is 1050. The van der Waals surface area contributed by atoms with Crippen LogP contribution in [0.1, 0.15) is 4.88 Å². The number of thiophene rings is 1. The molecule has 28 heavy (non-hydrogen) atoms. The molecule has 1 aliphatic rings. The number of pyridine rings is 1. The third kappa shape index (κ3) is 4.00. The quantitative estimate of drug-likeness (QED) is 0.638. The van der Waals surface area contributed by atoms with E-state index in [1.807, 2.05) is 18.2 Å². The van der Waals surface area contributed by atoms with E-state index in [-0.39, 0.29) is 10.7 Å². The molecule has 2 aromatic heterocycles. The van der Waals surface area contributed by atoms with E-state index in [9.17, 15) is 12.8 Å². The van der Waals surface area contributed by atoms with E-state index in [1.165, 1.54) is 16.6 Å². The maximum absolute atomic E-state index is 14.0. The van der Waals surface area contributed by atoms with Crippen molar-refractivity contribution < 1.29 is 12.8 Å². The highest BCUT2D eigenvalue weighted by Gasteiger charge is 2.28. The zero-order valence-corrected chi connectivity index (χ0v) is 16.8. The van der Waals surface area contributed by atoms with Crippen molar-refractivity contribution in [2.45, 2.75) is 11.4 Å². The summed E-state index contributed by atoms with van der Waals surface area (Å²) in [4.78, 5) is 8.42. The summed E-state index contributed by atoms with van der Waals surface area (Å²) >= 11 is 1.58. The highest BCUT2D eigenvalue weighted by atomic mass is 32.2. The van der Waals surface area contributed by atoms with Crippen molar-refractivity contribution in [1.29, 1.82) is 0 Å². The van der Waals surface area contributed by atoms with E-state index in [1.54, 1.807) is 41.8 Å². The molecule has 1 saturated heterocycles. The lowest BCUT2D eigenvalue weighted by Crippen LogP contribution is -2.48. The van der Waals surface area contributed by atoms with Gasteiger partial charge < -0.3 is 0 Å². The van der Waals surface area contributed by atoms with Gasteiger partial charge in [-0.15, -0.1) is 11.3 Å². The third-order valence-corrected chi connectivity index (χ3v) is 7.77. The Balaban J connectivity index is 1.38. The number of rotatable bonds is 5. The van der Waals surface area contributed by atoms with Crippen LogP contribution in [-0.4, -0.2) is 48.8 Å². The van der Waals surface area contributed by atoms with E-state index in [0.717, 1.165) is 16.3 Å². The van der Waals surface area contributed by atoms with Gasteiger partial charge in [0.15, 0.2) is 0 Å². The van der Waals surface area contributed by atoms with Crippen LogP contribution >= 0.6 is 11.3 Å². The zero-order chi connectivity index (χ0) is 19.6. The fourth-order valence-electron chi connectivity index (χ4n) is 3.27. The van der Waals surface area contributed by atoms with Crippen LogP contribution in [0.25, 0.3) is 10.4 Å². The van der Waals surface area contributed by atoms with Gasteiger partial charge in [0.1, 0.15) is 10.7 Å². The van der Waals surface area contributed by atoms with Gasteiger partial charge >= 0.3 is 0 Å². The summed E-state index contributed by atoms with van der Waals surface area (Å²) in [5.41, 5.74) is 0.617. The molecule has 0 unspecified atom stereocenters. The fraction of sp³-hybridized carbons (Fsp3) is 0.250. The topological polar surface area (TPSA) is 53.5 Å². The van der Waals surface area contributed by atoms with Crippen LogP contribution in [0.3, 0.4) is 0 Å². The van der Waals surface area contributed by atoms with Gasteiger partial charge in [0.05, 0.1) is 0 Å². The lowest BCUT2D eigenvalue weighted by Gasteiger charge is -2.33. The van der Waals surface area contributed by atoms with Gasteiger partial charge in [-0.25, -0.2) is 12.8 Å². The third-order valence-electron chi connectivity index (χ3n) is 4.78. The van der Waals surface area contributed by atoms with Crippen molar-refractivity contribution in [3.8, 4) is 10.4 Å². The standard InChI is InChI=1S/C20H20FN3O2S2/c21-19-6-2-1-5-18(19)20-8-7-16(27-20)15-23-10-12-24(13-11-23)28(25,26)17-4-3-9-22-14-17/h1-9,14H,10-13,15H2. The Hall–Kier alpha value is -2.13. The van der Waals surface area contributed by atoms with E-state index in [2.05, 4.69) is 9.88 Å². The number of aromatic nitrogens is 1. The molecule has 5 nitrogen and oxygen atoms in total. The summed E-state index contributed by atoms with van der Waals surface area (Å²) in [5, 5.41) is 0. The smallest absolute Gasteiger partial charge is 0.244 e. The van der Waals surface area contributed by atoms with Crippen LogP contribution in [0.5, 0.6) is 0 Å². The second-order valence-corrected chi connectivity index (χ2v) is 9.72. The second kappa shape index (κ2) is 8.08. The van der Waals surface area contributed by atoms with Crippen LogP contribution in [0.2, 0.25) is 0 Å². The minimum atomic E-state index is -3.49. The van der Waals surface area contributed by atoms with Gasteiger partial charge in [0.25, 0.3) is 0 Å².